The van der Waals surface area contributed by atoms with E-state index in [1.807, 2.05) is 17.8 Å². The minimum Gasteiger partial charge on any atom is -0.494 e. The number of thiophene rings is 1. The molecule has 1 aromatic carbocycles. The fourth-order valence-electron chi connectivity index (χ4n) is 2.38. The topological polar surface area (TPSA) is 26.3 Å². The molecule has 0 fully saturated rings. The summed E-state index contributed by atoms with van der Waals surface area (Å²) in [6.45, 7) is 0. The van der Waals surface area contributed by atoms with Crippen molar-refractivity contribution < 1.29 is 13.9 Å². The van der Waals surface area contributed by atoms with Crippen molar-refractivity contribution in [2.45, 2.75) is 18.6 Å². The van der Waals surface area contributed by atoms with Gasteiger partial charge >= 0.3 is 0 Å². The molecule has 1 aliphatic rings. The minimum atomic E-state index is -0.426. The molecular formula is C16H15FO2S2. The van der Waals surface area contributed by atoms with E-state index in [-0.39, 0.29) is 18.0 Å². The van der Waals surface area contributed by atoms with Gasteiger partial charge in [0, 0.05) is 17.1 Å². The molecule has 3 rings (SSSR count). The average Bonchev–Trinajstić information content (AvgIpc) is 2.91. The molecule has 0 saturated carbocycles. The second-order valence-corrected chi connectivity index (χ2v) is 7.17. The van der Waals surface area contributed by atoms with Crippen LogP contribution in [-0.2, 0) is 18.6 Å². The maximum absolute atomic E-state index is 13.7. The molecule has 0 N–H and O–H groups in total. The quantitative estimate of drug-likeness (QED) is 0.792. The second-order valence-electron chi connectivity index (χ2n) is 4.93. The molecule has 0 spiro atoms. The van der Waals surface area contributed by atoms with Gasteiger partial charge in [0.25, 0.3) is 0 Å². The van der Waals surface area contributed by atoms with E-state index in [1.165, 1.54) is 23.6 Å². The lowest BCUT2D eigenvalue weighted by atomic mass is 10.1. The summed E-state index contributed by atoms with van der Waals surface area (Å²) in [6.07, 6.45) is 1.28. The van der Waals surface area contributed by atoms with E-state index in [4.69, 9.17) is 4.74 Å². The molecule has 0 radical (unpaired) electrons. The first-order valence-electron chi connectivity index (χ1n) is 6.72. The van der Waals surface area contributed by atoms with Gasteiger partial charge in [-0.2, -0.15) is 11.8 Å². The standard InChI is InChI=1S/C16H15FO2S2/c1-19-14-3-2-10(6-12(14)17)7-13(18)16-8-11-9-20-5-4-15(11)21-16/h2-3,6,8H,4-5,7,9H2,1H3. The number of halogens is 1. The summed E-state index contributed by atoms with van der Waals surface area (Å²) < 4.78 is 18.5. The van der Waals surface area contributed by atoms with E-state index in [1.54, 1.807) is 23.5 Å². The van der Waals surface area contributed by atoms with Crippen molar-refractivity contribution in [3.05, 3.63) is 51.0 Å². The number of methoxy groups -OCH3 is 1. The number of hydrogen-bond donors (Lipinski definition) is 0. The molecule has 0 saturated heterocycles. The normalized spacial score (nSPS) is 13.8. The zero-order valence-electron chi connectivity index (χ0n) is 11.6. The highest BCUT2D eigenvalue weighted by atomic mass is 32.2. The molecule has 1 aromatic heterocycles. The van der Waals surface area contributed by atoms with Crippen molar-refractivity contribution in [3.8, 4) is 5.75 Å². The van der Waals surface area contributed by atoms with Crippen LogP contribution in [0.15, 0.2) is 24.3 Å². The summed E-state index contributed by atoms with van der Waals surface area (Å²) in [7, 11) is 1.43. The van der Waals surface area contributed by atoms with Crippen LogP contribution < -0.4 is 4.74 Å². The molecule has 1 aliphatic heterocycles. The van der Waals surface area contributed by atoms with Crippen LogP contribution in [0.25, 0.3) is 0 Å². The number of fused-ring (bicyclic) bond motifs is 1. The van der Waals surface area contributed by atoms with E-state index in [0.29, 0.717) is 5.56 Å². The van der Waals surface area contributed by atoms with Crippen LogP contribution in [0.3, 0.4) is 0 Å². The number of benzene rings is 1. The van der Waals surface area contributed by atoms with Crippen molar-refractivity contribution in [3.63, 3.8) is 0 Å². The largest absolute Gasteiger partial charge is 0.494 e. The van der Waals surface area contributed by atoms with Crippen LogP contribution >= 0.6 is 23.1 Å². The van der Waals surface area contributed by atoms with Crippen molar-refractivity contribution in [1.82, 2.24) is 0 Å². The van der Waals surface area contributed by atoms with E-state index < -0.39 is 5.82 Å². The summed E-state index contributed by atoms with van der Waals surface area (Å²) in [6, 6.07) is 6.69. The number of ketones is 1. The Morgan fingerprint density at radius 2 is 2.24 bits per heavy atom. The Morgan fingerprint density at radius 3 is 2.95 bits per heavy atom. The molecule has 110 valence electrons. The first kappa shape index (κ1) is 14.6. The van der Waals surface area contributed by atoms with Crippen molar-refractivity contribution in [1.29, 1.82) is 0 Å². The molecule has 2 nitrogen and oxygen atoms in total. The first-order valence-corrected chi connectivity index (χ1v) is 8.69. The fraction of sp³-hybridized carbons (Fsp3) is 0.312. The Labute approximate surface area is 131 Å². The van der Waals surface area contributed by atoms with Gasteiger partial charge in [0.1, 0.15) is 0 Å². The van der Waals surface area contributed by atoms with E-state index in [0.717, 1.165) is 22.8 Å². The molecule has 0 atom stereocenters. The third kappa shape index (κ3) is 3.14. The Morgan fingerprint density at radius 1 is 1.38 bits per heavy atom. The lowest BCUT2D eigenvalue weighted by Crippen LogP contribution is -2.02. The highest BCUT2D eigenvalue weighted by Gasteiger charge is 2.18. The number of thioether (sulfide) groups is 1. The number of Topliss-reactive ketones (excluding diaryl/α,β-unsaturated/α-hetero) is 1. The maximum Gasteiger partial charge on any atom is 0.177 e. The van der Waals surface area contributed by atoms with Crippen LogP contribution in [-0.4, -0.2) is 18.6 Å². The number of carbonyl (C=O) groups excluding carboxylic acids is 1. The summed E-state index contributed by atoms with van der Waals surface area (Å²) >= 11 is 3.50. The van der Waals surface area contributed by atoms with Gasteiger partial charge in [-0.1, -0.05) is 6.07 Å². The summed E-state index contributed by atoms with van der Waals surface area (Å²) in [4.78, 5) is 14.5. The predicted octanol–water partition coefficient (Wildman–Crippen LogP) is 4.11. The number of aryl methyl sites for hydroxylation is 1. The van der Waals surface area contributed by atoms with E-state index in [2.05, 4.69) is 0 Å². The molecule has 0 bridgehead atoms. The Hall–Kier alpha value is -1.33. The summed E-state index contributed by atoms with van der Waals surface area (Å²) in [5.74, 6) is 1.96. The Bertz CT molecular complexity index is 655. The van der Waals surface area contributed by atoms with Gasteiger partial charge < -0.3 is 4.74 Å². The lowest BCUT2D eigenvalue weighted by Gasteiger charge is -2.08. The predicted molar refractivity (Wildman–Crippen MR) is 85.2 cm³/mol. The molecule has 0 amide bonds. The van der Waals surface area contributed by atoms with Crippen molar-refractivity contribution in [2.24, 2.45) is 0 Å². The van der Waals surface area contributed by atoms with Gasteiger partial charge in [0.15, 0.2) is 17.3 Å². The third-order valence-corrected chi connectivity index (χ3v) is 5.77. The SMILES string of the molecule is COc1ccc(CC(=O)c2cc3c(s2)CCSC3)cc1F. The monoisotopic (exact) mass is 322 g/mol. The van der Waals surface area contributed by atoms with Gasteiger partial charge in [-0.05, 0) is 41.5 Å². The number of hydrogen-bond acceptors (Lipinski definition) is 4. The highest BCUT2D eigenvalue weighted by molar-refractivity contribution is 7.98. The highest BCUT2D eigenvalue weighted by Crippen LogP contribution is 2.32. The van der Waals surface area contributed by atoms with Gasteiger partial charge in [-0.25, -0.2) is 4.39 Å². The number of ether oxygens (including phenoxy) is 1. The number of rotatable bonds is 4. The molecule has 0 unspecified atom stereocenters. The van der Waals surface area contributed by atoms with Crippen LogP contribution in [0.4, 0.5) is 4.39 Å². The van der Waals surface area contributed by atoms with Crippen LogP contribution in [0.2, 0.25) is 0 Å². The van der Waals surface area contributed by atoms with Gasteiger partial charge in [-0.3, -0.25) is 4.79 Å². The molecule has 2 aromatic rings. The van der Waals surface area contributed by atoms with E-state index >= 15 is 0 Å². The summed E-state index contributed by atoms with van der Waals surface area (Å²) in [5.41, 5.74) is 1.97. The molecule has 21 heavy (non-hydrogen) atoms. The van der Waals surface area contributed by atoms with Gasteiger partial charge in [0.2, 0.25) is 0 Å². The Balaban J connectivity index is 1.77. The van der Waals surface area contributed by atoms with Crippen LogP contribution in [0, 0.1) is 5.82 Å². The van der Waals surface area contributed by atoms with Crippen molar-refractivity contribution >= 4 is 28.9 Å². The van der Waals surface area contributed by atoms with Crippen LogP contribution in [0.1, 0.15) is 25.7 Å². The van der Waals surface area contributed by atoms with E-state index in [9.17, 15) is 9.18 Å². The molecule has 2 heterocycles. The number of carbonyl (C=O) groups is 1. The van der Waals surface area contributed by atoms with Crippen molar-refractivity contribution in [2.75, 3.05) is 12.9 Å². The third-order valence-electron chi connectivity index (χ3n) is 3.48. The fourth-order valence-corrected chi connectivity index (χ4v) is 4.69. The van der Waals surface area contributed by atoms with Gasteiger partial charge in [0.05, 0.1) is 12.0 Å². The second kappa shape index (κ2) is 6.20. The zero-order valence-corrected chi connectivity index (χ0v) is 13.3. The minimum absolute atomic E-state index is 0.0592. The van der Waals surface area contributed by atoms with Gasteiger partial charge in [-0.15, -0.1) is 11.3 Å². The zero-order chi connectivity index (χ0) is 14.8. The smallest absolute Gasteiger partial charge is 0.177 e. The first-order chi connectivity index (χ1) is 10.2. The van der Waals surface area contributed by atoms with Crippen LogP contribution in [0.5, 0.6) is 5.75 Å². The average molecular weight is 322 g/mol. The lowest BCUT2D eigenvalue weighted by molar-refractivity contribution is 0.0996. The Kier molecular flexibility index (Phi) is 4.31. The molecular weight excluding hydrogens is 307 g/mol. The maximum atomic E-state index is 13.7. The molecule has 5 heteroatoms. The summed E-state index contributed by atoms with van der Waals surface area (Å²) in [5, 5.41) is 0. The molecule has 0 aliphatic carbocycles.